The van der Waals surface area contributed by atoms with Crippen LogP contribution in [0, 0.1) is 27.9 Å². The van der Waals surface area contributed by atoms with Crippen LogP contribution in [-0.2, 0) is 0 Å². The minimum Gasteiger partial charge on any atom is -0.494 e. The van der Waals surface area contributed by atoms with E-state index in [1.807, 2.05) is 12.1 Å². The van der Waals surface area contributed by atoms with Gasteiger partial charge >= 0.3 is 5.97 Å². The SMILES string of the molecule is COc1cc([N+](=O)[O-])cc2c1N[C@H](c1ccc(C(=O)O)cc1)[C@H]1[C@H]3CC[C@@H](C3)[C@@H]21. The van der Waals surface area contributed by atoms with E-state index >= 15 is 0 Å². The van der Waals surface area contributed by atoms with E-state index in [2.05, 4.69) is 5.32 Å². The van der Waals surface area contributed by atoms with Crippen LogP contribution in [0.4, 0.5) is 11.4 Å². The van der Waals surface area contributed by atoms with Gasteiger partial charge in [0.15, 0.2) is 0 Å². The lowest BCUT2D eigenvalue weighted by Gasteiger charge is -2.43. The number of hydrogen-bond acceptors (Lipinski definition) is 5. The molecule has 2 aliphatic carbocycles. The van der Waals surface area contributed by atoms with Gasteiger partial charge in [0.05, 0.1) is 35.4 Å². The van der Waals surface area contributed by atoms with Crippen LogP contribution in [0.1, 0.15) is 52.7 Å². The average molecular weight is 394 g/mol. The second kappa shape index (κ2) is 6.47. The zero-order chi connectivity index (χ0) is 20.3. The molecule has 7 heteroatoms. The monoisotopic (exact) mass is 394 g/mol. The topological polar surface area (TPSA) is 102 Å². The highest BCUT2D eigenvalue weighted by atomic mass is 16.6. The third-order valence-electron chi connectivity index (χ3n) is 7.09. The summed E-state index contributed by atoms with van der Waals surface area (Å²) < 4.78 is 5.52. The number of nitro benzene ring substituents is 1. The number of nitrogens with one attached hydrogen (secondary N) is 1. The molecule has 0 spiro atoms. The summed E-state index contributed by atoms with van der Waals surface area (Å²) in [5.74, 6) is 1.23. The van der Waals surface area contributed by atoms with Gasteiger partial charge in [0.2, 0.25) is 0 Å². The van der Waals surface area contributed by atoms with Crippen molar-refractivity contribution in [1.82, 2.24) is 0 Å². The van der Waals surface area contributed by atoms with Gasteiger partial charge < -0.3 is 15.2 Å². The molecule has 150 valence electrons. The zero-order valence-corrected chi connectivity index (χ0v) is 16.0. The molecule has 2 saturated carbocycles. The molecule has 2 fully saturated rings. The number of aromatic carboxylic acids is 1. The van der Waals surface area contributed by atoms with Crippen LogP contribution in [-0.4, -0.2) is 23.1 Å². The molecule has 7 nitrogen and oxygen atoms in total. The molecule has 2 N–H and O–H groups in total. The predicted molar refractivity (Wildman–Crippen MR) is 106 cm³/mol. The Hall–Kier alpha value is -3.09. The quantitative estimate of drug-likeness (QED) is 0.580. The number of nitrogens with zero attached hydrogens (tertiary/aromatic N) is 1. The normalized spacial score (nSPS) is 28.9. The summed E-state index contributed by atoms with van der Waals surface area (Å²) in [6, 6.07) is 10.3. The van der Waals surface area contributed by atoms with E-state index in [9.17, 15) is 20.0 Å². The summed E-state index contributed by atoms with van der Waals surface area (Å²) in [6.07, 6.45) is 3.48. The van der Waals surface area contributed by atoms with E-state index in [1.54, 1.807) is 18.2 Å². The molecule has 2 aromatic rings. The molecule has 0 aromatic heterocycles. The molecular weight excluding hydrogens is 372 g/mol. The molecule has 1 aliphatic heterocycles. The number of ether oxygens (including phenoxy) is 1. The van der Waals surface area contributed by atoms with Crippen LogP contribution >= 0.6 is 0 Å². The van der Waals surface area contributed by atoms with Crippen LogP contribution in [0.2, 0.25) is 0 Å². The second-order valence-electron chi connectivity index (χ2n) is 8.35. The first-order valence-corrected chi connectivity index (χ1v) is 9.94. The first-order valence-electron chi connectivity index (χ1n) is 9.94. The third-order valence-corrected chi connectivity index (χ3v) is 7.09. The number of non-ortho nitro benzene ring substituents is 1. The van der Waals surface area contributed by atoms with E-state index in [4.69, 9.17) is 4.74 Å². The van der Waals surface area contributed by atoms with Crippen molar-refractivity contribution in [2.45, 2.75) is 31.2 Å². The lowest BCUT2D eigenvalue weighted by molar-refractivity contribution is -0.385. The molecule has 0 amide bonds. The van der Waals surface area contributed by atoms with Crippen LogP contribution in [0.5, 0.6) is 5.75 Å². The maximum Gasteiger partial charge on any atom is 0.335 e. The minimum absolute atomic E-state index is 0.0287. The summed E-state index contributed by atoms with van der Waals surface area (Å²) in [6.45, 7) is 0. The van der Waals surface area contributed by atoms with Crippen molar-refractivity contribution in [2.75, 3.05) is 12.4 Å². The smallest absolute Gasteiger partial charge is 0.335 e. The fraction of sp³-hybridized carbons (Fsp3) is 0.409. The number of carboxylic acid groups (broad SMARTS) is 1. The van der Waals surface area contributed by atoms with Crippen LogP contribution < -0.4 is 10.1 Å². The number of methoxy groups -OCH3 is 1. The standard InChI is InChI=1S/C22H22N2O5/c1-29-17-10-15(24(27)28)9-16-18-13-6-7-14(8-13)19(18)20(23-21(16)17)11-2-4-12(5-3-11)22(25)26/h2-5,9-10,13-14,18-20,23H,6-8H2,1H3,(H,25,26)/t13-,14-,18-,19-,20+/m0/s1. The van der Waals surface area contributed by atoms with Gasteiger partial charge in [-0.15, -0.1) is 0 Å². The number of benzene rings is 2. The molecular formula is C22H22N2O5. The van der Waals surface area contributed by atoms with Crippen molar-refractivity contribution >= 4 is 17.3 Å². The highest BCUT2D eigenvalue weighted by Crippen LogP contribution is 2.65. The Morgan fingerprint density at radius 3 is 2.59 bits per heavy atom. The number of carboxylic acids is 1. The molecule has 3 aliphatic rings. The average Bonchev–Trinajstić information content (AvgIpc) is 3.35. The summed E-state index contributed by atoms with van der Waals surface area (Å²) in [5, 5.41) is 24.3. The summed E-state index contributed by atoms with van der Waals surface area (Å²) >= 11 is 0. The Bertz CT molecular complexity index is 1000. The van der Waals surface area contributed by atoms with Crippen LogP contribution in [0.3, 0.4) is 0 Å². The van der Waals surface area contributed by atoms with Crippen molar-refractivity contribution in [3.8, 4) is 5.75 Å². The van der Waals surface area contributed by atoms with Gasteiger partial charge in [-0.3, -0.25) is 10.1 Å². The van der Waals surface area contributed by atoms with E-state index in [-0.39, 0.29) is 28.1 Å². The fourth-order valence-corrected chi connectivity index (χ4v) is 5.97. The number of hydrogen-bond donors (Lipinski definition) is 2. The maximum absolute atomic E-state index is 11.5. The van der Waals surface area contributed by atoms with Crippen molar-refractivity contribution in [1.29, 1.82) is 0 Å². The molecule has 1 heterocycles. The number of rotatable bonds is 4. The molecule has 2 aromatic carbocycles. The van der Waals surface area contributed by atoms with Gasteiger partial charge in [-0.25, -0.2) is 4.79 Å². The zero-order valence-electron chi connectivity index (χ0n) is 16.0. The molecule has 2 bridgehead atoms. The Balaban J connectivity index is 1.63. The highest BCUT2D eigenvalue weighted by molar-refractivity contribution is 5.87. The molecule has 0 saturated heterocycles. The van der Waals surface area contributed by atoms with Crippen LogP contribution in [0.25, 0.3) is 0 Å². The van der Waals surface area contributed by atoms with E-state index < -0.39 is 5.97 Å². The third kappa shape index (κ3) is 2.68. The summed E-state index contributed by atoms with van der Waals surface area (Å²) in [5.41, 5.74) is 3.20. The lowest BCUT2D eigenvalue weighted by atomic mass is 9.68. The molecule has 29 heavy (non-hydrogen) atoms. The second-order valence-corrected chi connectivity index (χ2v) is 8.35. The van der Waals surface area contributed by atoms with E-state index in [0.29, 0.717) is 23.5 Å². The van der Waals surface area contributed by atoms with Gasteiger partial charge in [-0.05, 0) is 66.2 Å². The number of anilines is 1. The van der Waals surface area contributed by atoms with Crippen molar-refractivity contribution in [3.05, 3.63) is 63.2 Å². The first-order chi connectivity index (χ1) is 14.0. The Labute approximate surface area is 167 Å². The van der Waals surface area contributed by atoms with Gasteiger partial charge in [0.1, 0.15) is 5.75 Å². The maximum atomic E-state index is 11.5. The predicted octanol–water partition coefficient (Wildman–Crippen LogP) is 4.60. The van der Waals surface area contributed by atoms with Gasteiger partial charge in [0, 0.05) is 6.07 Å². The summed E-state index contributed by atoms with van der Waals surface area (Å²) in [4.78, 5) is 22.3. The van der Waals surface area contributed by atoms with Crippen molar-refractivity contribution < 1.29 is 19.6 Å². The number of nitro groups is 1. The Kier molecular flexibility index (Phi) is 4.01. The molecule has 5 atom stereocenters. The Morgan fingerprint density at radius 2 is 1.93 bits per heavy atom. The van der Waals surface area contributed by atoms with E-state index in [1.165, 1.54) is 19.6 Å². The van der Waals surface area contributed by atoms with Gasteiger partial charge in [-0.2, -0.15) is 0 Å². The first kappa shape index (κ1) is 18.0. The fourth-order valence-electron chi connectivity index (χ4n) is 5.97. The number of fused-ring (bicyclic) bond motifs is 7. The molecule has 0 radical (unpaired) electrons. The number of carbonyl (C=O) groups is 1. The highest BCUT2D eigenvalue weighted by Gasteiger charge is 2.54. The molecule has 5 rings (SSSR count). The molecule has 0 unspecified atom stereocenters. The Morgan fingerprint density at radius 1 is 1.21 bits per heavy atom. The van der Waals surface area contributed by atoms with Gasteiger partial charge in [0.25, 0.3) is 5.69 Å². The van der Waals surface area contributed by atoms with E-state index in [0.717, 1.165) is 29.7 Å². The van der Waals surface area contributed by atoms with Crippen LogP contribution in [0.15, 0.2) is 36.4 Å². The van der Waals surface area contributed by atoms with Crippen molar-refractivity contribution in [2.24, 2.45) is 17.8 Å². The largest absolute Gasteiger partial charge is 0.494 e. The van der Waals surface area contributed by atoms with Gasteiger partial charge in [-0.1, -0.05) is 12.1 Å². The lowest BCUT2D eigenvalue weighted by Crippen LogP contribution is -2.35. The minimum atomic E-state index is -0.940. The van der Waals surface area contributed by atoms with Crippen molar-refractivity contribution in [3.63, 3.8) is 0 Å². The summed E-state index contributed by atoms with van der Waals surface area (Å²) in [7, 11) is 1.53.